The molecule has 0 spiro atoms. The predicted molar refractivity (Wildman–Crippen MR) is 173 cm³/mol. The van der Waals surface area contributed by atoms with E-state index in [0.29, 0.717) is 25.7 Å². The highest BCUT2D eigenvalue weighted by atomic mass is 16.5. The third-order valence-corrected chi connectivity index (χ3v) is 9.01. The molecule has 0 aromatic heterocycles. The number of piperidine rings is 1. The Morgan fingerprint density at radius 3 is 1.54 bits per heavy atom. The van der Waals surface area contributed by atoms with Crippen LogP contribution in [0, 0.1) is 5.92 Å². The van der Waals surface area contributed by atoms with Gasteiger partial charge in [-0.15, -0.1) is 0 Å². The molecule has 5 nitrogen and oxygen atoms in total. The smallest absolute Gasteiger partial charge is 0.309 e. The quantitative estimate of drug-likeness (QED) is 0.0682. The van der Waals surface area contributed by atoms with Crippen LogP contribution in [0.25, 0.3) is 0 Å². The van der Waals surface area contributed by atoms with Crippen LogP contribution in [0.1, 0.15) is 181 Å². The molecule has 0 bridgehead atoms. The van der Waals surface area contributed by atoms with Crippen LogP contribution in [0.4, 0.5) is 0 Å². The molecule has 0 aliphatic carbocycles. The highest BCUT2D eigenvalue weighted by molar-refractivity contribution is 5.72. The van der Waals surface area contributed by atoms with Gasteiger partial charge >= 0.3 is 11.9 Å². The van der Waals surface area contributed by atoms with Crippen LogP contribution >= 0.6 is 0 Å². The molecular weight excluding hydrogens is 510 g/mol. The van der Waals surface area contributed by atoms with Crippen molar-refractivity contribution in [2.45, 2.75) is 187 Å². The van der Waals surface area contributed by atoms with Gasteiger partial charge in [0.25, 0.3) is 0 Å². The summed E-state index contributed by atoms with van der Waals surface area (Å²) in [6, 6.07) is 0.345. The Labute approximate surface area is 255 Å². The topological polar surface area (TPSA) is 55.8 Å². The fourth-order valence-electron chi connectivity index (χ4n) is 6.11. The van der Waals surface area contributed by atoms with Crippen LogP contribution in [0.15, 0.2) is 0 Å². The van der Waals surface area contributed by atoms with Crippen LogP contribution in [-0.2, 0) is 19.1 Å². The molecule has 1 heterocycles. The Morgan fingerprint density at radius 2 is 1.05 bits per heavy atom. The zero-order valence-corrected chi connectivity index (χ0v) is 27.7. The fourth-order valence-corrected chi connectivity index (χ4v) is 6.11. The molecule has 0 radical (unpaired) electrons. The van der Waals surface area contributed by atoms with Crippen molar-refractivity contribution in [2.24, 2.45) is 5.92 Å². The molecule has 5 heteroatoms. The van der Waals surface area contributed by atoms with Crippen LogP contribution in [0.5, 0.6) is 0 Å². The summed E-state index contributed by atoms with van der Waals surface area (Å²) in [5, 5.41) is 0. The van der Waals surface area contributed by atoms with Crippen molar-refractivity contribution in [1.82, 2.24) is 4.90 Å². The minimum Gasteiger partial charge on any atom is -0.466 e. The standard InChI is InChI=1S/C36H69NO4/c1-4-6-8-10-12-14-16-18-19-21-23-30-40-35(38)27-25-26-34-32-33(28-29-37(34)3)36(39)41-31-24-22-20-17-15-13-11-9-7-5-2/h33-34H,4-32H2,1-3H3. The molecule has 2 atom stereocenters. The second-order valence-electron chi connectivity index (χ2n) is 12.9. The number of rotatable bonds is 28. The first-order valence-electron chi connectivity index (χ1n) is 18.1. The van der Waals surface area contributed by atoms with Gasteiger partial charge in [0.2, 0.25) is 0 Å². The molecule has 1 fully saturated rings. The van der Waals surface area contributed by atoms with Gasteiger partial charge in [0.1, 0.15) is 0 Å². The Morgan fingerprint density at radius 1 is 0.610 bits per heavy atom. The SMILES string of the molecule is CCCCCCCCCCCCCOC(=O)CCCC1CC(C(=O)OCCCCCCCCCCCC)CCN1C. The molecule has 2 unspecified atom stereocenters. The zero-order chi connectivity index (χ0) is 29.8. The van der Waals surface area contributed by atoms with Crippen molar-refractivity contribution in [3.63, 3.8) is 0 Å². The molecule has 0 saturated carbocycles. The minimum absolute atomic E-state index is 0.00679. The summed E-state index contributed by atoms with van der Waals surface area (Å²) >= 11 is 0. The average Bonchev–Trinajstić information content (AvgIpc) is 2.97. The lowest BCUT2D eigenvalue weighted by Gasteiger charge is -2.36. The van der Waals surface area contributed by atoms with E-state index in [-0.39, 0.29) is 17.9 Å². The summed E-state index contributed by atoms with van der Waals surface area (Å²) in [5.74, 6) is -0.0688. The first-order chi connectivity index (χ1) is 20.1. The highest BCUT2D eigenvalue weighted by Gasteiger charge is 2.31. The summed E-state index contributed by atoms with van der Waals surface area (Å²) in [5.41, 5.74) is 0. The van der Waals surface area contributed by atoms with Crippen molar-refractivity contribution >= 4 is 11.9 Å². The van der Waals surface area contributed by atoms with Crippen molar-refractivity contribution in [2.75, 3.05) is 26.8 Å². The molecule has 1 saturated heterocycles. The molecule has 0 aromatic rings. The number of hydrogen-bond donors (Lipinski definition) is 0. The van der Waals surface area contributed by atoms with Gasteiger partial charge in [-0.2, -0.15) is 0 Å². The van der Waals surface area contributed by atoms with E-state index in [0.717, 1.165) is 57.9 Å². The number of carbonyl (C=O) groups is 2. The Kier molecular flexibility index (Phi) is 25.6. The zero-order valence-electron chi connectivity index (χ0n) is 27.7. The summed E-state index contributed by atoms with van der Waals surface area (Å²) in [6.45, 7) is 6.58. The van der Waals surface area contributed by atoms with Crippen molar-refractivity contribution < 1.29 is 19.1 Å². The van der Waals surface area contributed by atoms with E-state index in [1.54, 1.807) is 0 Å². The van der Waals surface area contributed by atoms with Gasteiger partial charge in [0.05, 0.1) is 19.1 Å². The fraction of sp³-hybridized carbons (Fsp3) is 0.944. The predicted octanol–water partition coefficient (Wildman–Crippen LogP) is 10.2. The molecular formula is C36H69NO4. The largest absolute Gasteiger partial charge is 0.466 e. The van der Waals surface area contributed by atoms with Gasteiger partial charge in [-0.3, -0.25) is 9.59 Å². The monoisotopic (exact) mass is 580 g/mol. The first-order valence-corrected chi connectivity index (χ1v) is 18.1. The number of hydrogen-bond acceptors (Lipinski definition) is 5. The summed E-state index contributed by atoms with van der Waals surface area (Å²) in [4.78, 5) is 27.2. The number of nitrogens with zero attached hydrogens (tertiary/aromatic N) is 1. The summed E-state index contributed by atoms with van der Waals surface area (Å²) in [6.07, 6.45) is 31.2. The van der Waals surface area contributed by atoms with Crippen molar-refractivity contribution in [1.29, 1.82) is 0 Å². The van der Waals surface area contributed by atoms with Gasteiger partial charge in [-0.25, -0.2) is 0 Å². The lowest BCUT2D eigenvalue weighted by molar-refractivity contribution is -0.151. The Balaban J connectivity index is 2.01. The molecule has 1 aliphatic heterocycles. The maximum atomic E-state index is 12.7. The van der Waals surface area contributed by atoms with Crippen molar-refractivity contribution in [3.05, 3.63) is 0 Å². The van der Waals surface area contributed by atoms with E-state index in [4.69, 9.17) is 9.47 Å². The van der Waals surface area contributed by atoms with E-state index in [1.165, 1.54) is 109 Å². The average molecular weight is 580 g/mol. The number of ether oxygens (including phenoxy) is 2. The molecule has 242 valence electrons. The van der Waals surface area contributed by atoms with Crippen LogP contribution in [0.3, 0.4) is 0 Å². The minimum atomic E-state index is -0.0667. The van der Waals surface area contributed by atoms with Crippen LogP contribution in [-0.4, -0.2) is 49.7 Å². The van der Waals surface area contributed by atoms with Gasteiger partial charge in [-0.05, 0) is 52.1 Å². The number of unbranched alkanes of at least 4 members (excludes halogenated alkanes) is 19. The Bertz CT molecular complexity index is 610. The van der Waals surface area contributed by atoms with E-state index in [2.05, 4.69) is 25.8 Å². The van der Waals surface area contributed by atoms with Crippen molar-refractivity contribution in [3.8, 4) is 0 Å². The van der Waals surface area contributed by atoms with Gasteiger partial charge in [0.15, 0.2) is 0 Å². The van der Waals surface area contributed by atoms with E-state index in [9.17, 15) is 9.59 Å². The van der Waals surface area contributed by atoms with E-state index >= 15 is 0 Å². The molecule has 0 N–H and O–H groups in total. The molecule has 1 aliphatic rings. The van der Waals surface area contributed by atoms with E-state index in [1.807, 2.05) is 0 Å². The maximum Gasteiger partial charge on any atom is 0.309 e. The van der Waals surface area contributed by atoms with Gasteiger partial charge in [-0.1, -0.05) is 136 Å². The molecule has 0 amide bonds. The number of esters is 2. The van der Waals surface area contributed by atoms with Gasteiger partial charge in [0, 0.05) is 12.5 Å². The second kappa shape index (κ2) is 27.7. The highest BCUT2D eigenvalue weighted by Crippen LogP contribution is 2.26. The lowest BCUT2D eigenvalue weighted by Crippen LogP contribution is -2.42. The maximum absolute atomic E-state index is 12.7. The normalized spacial score (nSPS) is 17.5. The third kappa shape index (κ3) is 22.2. The number of carbonyl (C=O) groups excluding carboxylic acids is 2. The summed E-state index contributed by atoms with van der Waals surface area (Å²) < 4.78 is 11.1. The van der Waals surface area contributed by atoms with E-state index < -0.39 is 0 Å². The van der Waals surface area contributed by atoms with Crippen LogP contribution in [0.2, 0.25) is 0 Å². The second-order valence-corrected chi connectivity index (χ2v) is 12.9. The van der Waals surface area contributed by atoms with Gasteiger partial charge < -0.3 is 14.4 Å². The molecule has 41 heavy (non-hydrogen) atoms. The van der Waals surface area contributed by atoms with Crippen LogP contribution < -0.4 is 0 Å². The third-order valence-electron chi connectivity index (χ3n) is 9.01. The lowest BCUT2D eigenvalue weighted by atomic mass is 9.88. The Hall–Kier alpha value is -1.10. The summed E-state index contributed by atoms with van der Waals surface area (Å²) in [7, 11) is 2.14. The molecule has 0 aromatic carbocycles. The molecule has 1 rings (SSSR count). The first kappa shape index (κ1) is 37.9. The number of likely N-dealkylation sites (tertiary alicyclic amines) is 1.